The number of likely N-dealkylation sites (tertiary alicyclic amines) is 1. The summed E-state index contributed by atoms with van der Waals surface area (Å²) in [5.41, 5.74) is 0.959. The number of nitrogens with one attached hydrogen (secondary N) is 1. The molecule has 2 N–H and O–H groups in total. The van der Waals surface area contributed by atoms with E-state index in [9.17, 15) is 18.7 Å². The Hall–Kier alpha value is -4.22. The number of hydrogen-bond acceptors (Lipinski definition) is 7. The number of halogens is 2. The molecule has 0 aliphatic carbocycles. The molecule has 2 unspecified atom stereocenters. The monoisotopic (exact) mass is 512 g/mol. The minimum absolute atomic E-state index is 0.0544. The van der Waals surface area contributed by atoms with Crippen LogP contribution >= 0.6 is 0 Å². The third kappa shape index (κ3) is 4.66. The third-order valence-electron chi connectivity index (χ3n) is 6.54. The lowest BCUT2D eigenvalue weighted by atomic mass is 9.90. The van der Waals surface area contributed by atoms with E-state index >= 15 is 0 Å². The summed E-state index contributed by atoms with van der Waals surface area (Å²) in [5, 5.41) is 17.5. The molecule has 0 radical (unpaired) electrons. The number of carboxylic acid groups (broad SMARTS) is 1. The first-order chi connectivity index (χ1) is 17.8. The molecule has 5 rings (SSSR count). The summed E-state index contributed by atoms with van der Waals surface area (Å²) in [6.45, 7) is 2.88. The average Bonchev–Trinajstić information content (AvgIpc) is 3.33. The van der Waals surface area contributed by atoms with Gasteiger partial charge >= 0.3 is 6.09 Å². The highest BCUT2D eigenvalue weighted by atomic mass is 19.1. The van der Waals surface area contributed by atoms with Crippen LogP contribution in [0, 0.1) is 17.6 Å². The Morgan fingerprint density at radius 1 is 1.16 bits per heavy atom. The third-order valence-corrected chi connectivity index (χ3v) is 6.54. The van der Waals surface area contributed by atoms with Gasteiger partial charge in [-0.25, -0.2) is 23.5 Å². The van der Waals surface area contributed by atoms with Crippen molar-refractivity contribution in [3.63, 3.8) is 0 Å². The Labute approximate surface area is 210 Å². The fourth-order valence-electron chi connectivity index (χ4n) is 4.81. The quantitative estimate of drug-likeness (QED) is 0.393. The lowest BCUT2D eigenvalue weighted by Crippen LogP contribution is -2.42. The molecule has 3 heterocycles. The molecule has 0 saturated carbocycles. The number of fused-ring (bicyclic) bond motifs is 3. The number of amides is 1. The first kappa shape index (κ1) is 24.5. The molecule has 1 aliphatic rings. The molecule has 1 aliphatic heterocycles. The van der Waals surface area contributed by atoms with Crippen LogP contribution in [0.5, 0.6) is 11.5 Å². The van der Waals surface area contributed by atoms with Crippen molar-refractivity contribution >= 4 is 28.6 Å². The highest BCUT2D eigenvalue weighted by Crippen LogP contribution is 2.32. The number of nitrogens with zero attached hydrogens (tertiary/aromatic N) is 5. The largest absolute Gasteiger partial charge is 0.497 e. The van der Waals surface area contributed by atoms with E-state index in [1.54, 1.807) is 26.4 Å². The minimum Gasteiger partial charge on any atom is -0.497 e. The fourth-order valence-corrected chi connectivity index (χ4v) is 4.81. The van der Waals surface area contributed by atoms with E-state index in [0.717, 1.165) is 11.6 Å². The second-order valence-corrected chi connectivity index (χ2v) is 9.18. The summed E-state index contributed by atoms with van der Waals surface area (Å²) >= 11 is 0. The molecule has 4 aromatic rings. The van der Waals surface area contributed by atoms with Crippen LogP contribution < -0.4 is 14.8 Å². The molecular weight excluding hydrogens is 486 g/mol. The maximum absolute atomic E-state index is 14.8. The second kappa shape index (κ2) is 9.68. The Morgan fingerprint density at radius 3 is 2.70 bits per heavy atom. The van der Waals surface area contributed by atoms with Crippen LogP contribution in [0.15, 0.2) is 30.3 Å². The fraction of sp³-hybridized carbons (Fsp3) is 0.360. The lowest BCUT2D eigenvalue weighted by Gasteiger charge is -2.33. The van der Waals surface area contributed by atoms with Crippen molar-refractivity contribution in [1.82, 2.24) is 24.5 Å². The summed E-state index contributed by atoms with van der Waals surface area (Å²) in [7, 11) is 3.11. The zero-order chi connectivity index (χ0) is 26.3. The Morgan fingerprint density at radius 2 is 1.97 bits per heavy atom. The van der Waals surface area contributed by atoms with E-state index in [1.165, 1.54) is 15.5 Å². The van der Waals surface area contributed by atoms with Gasteiger partial charge in [0.15, 0.2) is 17.3 Å². The van der Waals surface area contributed by atoms with Gasteiger partial charge < -0.3 is 24.8 Å². The van der Waals surface area contributed by atoms with Crippen molar-refractivity contribution in [2.24, 2.45) is 5.92 Å². The predicted molar refractivity (Wildman–Crippen MR) is 131 cm³/mol. The van der Waals surface area contributed by atoms with Crippen LogP contribution in [0.4, 0.5) is 19.5 Å². The van der Waals surface area contributed by atoms with Gasteiger partial charge in [0, 0.05) is 43.2 Å². The maximum atomic E-state index is 14.8. The zero-order valence-corrected chi connectivity index (χ0v) is 20.5. The van der Waals surface area contributed by atoms with Gasteiger partial charge in [-0.2, -0.15) is 4.52 Å². The van der Waals surface area contributed by atoms with E-state index in [-0.39, 0.29) is 47.4 Å². The lowest BCUT2D eigenvalue weighted by molar-refractivity contribution is 0.115. The normalized spacial score (nSPS) is 17.8. The second-order valence-electron chi connectivity index (χ2n) is 9.18. The maximum Gasteiger partial charge on any atom is 0.407 e. The van der Waals surface area contributed by atoms with E-state index < -0.39 is 17.7 Å². The van der Waals surface area contributed by atoms with Gasteiger partial charge in [0.25, 0.3) is 0 Å². The van der Waals surface area contributed by atoms with Crippen molar-refractivity contribution in [1.29, 1.82) is 0 Å². The number of methoxy groups -OCH3 is 2. The summed E-state index contributed by atoms with van der Waals surface area (Å²) in [6.07, 6.45) is -0.326. The molecule has 194 valence electrons. The molecule has 12 heteroatoms. The zero-order valence-electron chi connectivity index (χ0n) is 20.5. The molecule has 10 nitrogen and oxygen atoms in total. The topological polar surface area (TPSA) is 114 Å². The van der Waals surface area contributed by atoms with E-state index in [4.69, 9.17) is 9.47 Å². The van der Waals surface area contributed by atoms with Crippen LogP contribution in [0.3, 0.4) is 0 Å². The summed E-state index contributed by atoms with van der Waals surface area (Å²) < 4.78 is 41.1. The van der Waals surface area contributed by atoms with Crippen LogP contribution in [0.25, 0.3) is 16.6 Å². The smallest absolute Gasteiger partial charge is 0.407 e. The Balaban J connectivity index is 1.58. The highest BCUT2D eigenvalue weighted by molar-refractivity contribution is 5.92. The molecule has 1 saturated heterocycles. The number of carbonyl (C=O) groups is 1. The average molecular weight is 513 g/mol. The van der Waals surface area contributed by atoms with Gasteiger partial charge in [-0.1, -0.05) is 6.92 Å². The number of benzene rings is 2. The van der Waals surface area contributed by atoms with E-state index in [0.29, 0.717) is 30.3 Å². The van der Waals surface area contributed by atoms with Gasteiger partial charge in [-0.3, -0.25) is 0 Å². The van der Waals surface area contributed by atoms with Crippen molar-refractivity contribution < 1.29 is 28.2 Å². The Bertz CT molecular complexity index is 1490. The summed E-state index contributed by atoms with van der Waals surface area (Å²) in [6, 6.07) is 7.30. The van der Waals surface area contributed by atoms with E-state index in [2.05, 4.69) is 20.4 Å². The number of ether oxygens (including phenoxy) is 2. The van der Waals surface area contributed by atoms with Gasteiger partial charge in [0.2, 0.25) is 5.95 Å². The number of rotatable bonds is 6. The molecule has 1 amide bonds. The number of aromatic nitrogens is 4. The number of piperidine rings is 1. The molecule has 2 aromatic carbocycles. The minimum atomic E-state index is -1.01. The van der Waals surface area contributed by atoms with Crippen LogP contribution in [-0.4, -0.2) is 63.0 Å². The van der Waals surface area contributed by atoms with Gasteiger partial charge in [-0.05, 0) is 30.5 Å². The summed E-state index contributed by atoms with van der Waals surface area (Å²) in [4.78, 5) is 22.0. The molecule has 0 spiro atoms. The van der Waals surface area contributed by atoms with Crippen molar-refractivity contribution in [3.8, 4) is 11.5 Å². The molecular formula is C25H26F2N6O4. The standard InChI is InChI=1S/C25H26F2N6O4/c1-13-6-15(12-32(11-13)25(34)35)22-30-23-18-7-16(26)8-19(27)21(18)29-24(33(23)31-22)28-10-14-4-5-17(36-2)9-20(14)37-3/h4-5,7-9,13,15H,6,10-12H2,1-3H3,(H,28,29)(H,34,35). The molecule has 0 bridgehead atoms. The molecule has 2 aromatic heterocycles. The van der Waals surface area contributed by atoms with Crippen molar-refractivity contribution in [2.45, 2.75) is 25.8 Å². The molecule has 1 fully saturated rings. The number of anilines is 1. The SMILES string of the molecule is COc1ccc(CNc2nc3c(F)cc(F)cc3c3nc(C4CC(C)CN(C(=O)O)C4)nn23)c(OC)c1. The van der Waals surface area contributed by atoms with Crippen LogP contribution in [-0.2, 0) is 6.54 Å². The predicted octanol–water partition coefficient (Wildman–Crippen LogP) is 4.29. The van der Waals surface area contributed by atoms with Gasteiger partial charge in [0.05, 0.1) is 19.6 Å². The van der Waals surface area contributed by atoms with Gasteiger partial charge in [0.1, 0.15) is 22.8 Å². The van der Waals surface area contributed by atoms with Gasteiger partial charge in [-0.15, -0.1) is 5.10 Å². The van der Waals surface area contributed by atoms with Crippen molar-refractivity contribution in [2.75, 3.05) is 32.6 Å². The highest BCUT2D eigenvalue weighted by Gasteiger charge is 2.32. The molecule has 37 heavy (non-hydrogen) atoms. The Kier molecular flexibility index (Phi) is 6.40. The van der Waals surface area contributed by atoms with Crippen LogP contribution in [0.2, 0.25) is 0 Å². The van der Waals surface area contributed by atoms with E-state index in [1.807, 2.05) is 13.0 Å². The first-order valence-electron chi connectivity index (χ1n) is 11.8. The molecule has 2 atom stereocenters. The number of hydrogen-bond donors (Lipinski definition) is 2. The van der Waals surface area contributed by atoms with Crippen molar-refractivity contribution in [3.05, 3.63) is 53.4 Å². The first-order valence-corrected chi connectivity index (χ1v) is 11.8. The summed E-state index contributed by atoms with van der Waals surface area (Å²) in [5.74, 6) is 0.0515. The van der Waals surface area contributed by atoms with Crippen LogP contribution in [0.1, 0.15) is 30.7 Å².